The molecule has 2 aromatic rings. The number of fused-ring (bicyclic) bond motifs is 1. The molecule has 6 rings (SSSR count). The lowest BCUT2D eigenvalue weighted by Crippen LogP contribution is -2.55. The molecule has 7 atom stereocenters. The van der Waals surface area contributed by atoms with Crippen LogP contribution in [0.25, 0.3) is 0 Å². The molecule has 6 heterocycles. The standard InChI is InChI=1S/C20H26N2O2/c1-10-6-8-15-18-17(13(4)23)16-9-14-7-5-11(2)22(14)19(18)20(24-16)12(3)21(10)15/h5-8,12-13,16-20,23H,9H2,1-4H3/t12-,13+,16?,17+,18-,19+,20-/m1/s1. The molecule has 1 N–H and O–H groups in total. The zero-order chi connectivity index (χ0) is 16.7. The van der Waals surface area contributed by atoms with E-state index < -0.39 is 0 Å². The number of aliphatic hydroxyl groups is 1. The summed E-state index contributed by atoms with van der Waals surface area (Å²) >= 11 is 0. The number of aromatic nitrogens is 2. The summed E-state index contributed by atoms with van der Waals surface area (Å²) in [4.78, 5) is 0. The van der Waals surface area contributed by atoms with Crippen LogP contribution < -0.4 is 0 Å². The molecule has 0 aromatic carbocycles. The smallest absolute Gasteiger partial charge is 0.0996 e. The Balaban J connectivity index is 1.80. The highest BCUT2D eigenvalue weighted by atomic mass is 16.5. The van der Waals surface area contributed by atoms with Crippen LogP contribution in [0.5, 0.6) is 0 Å². The van der Waals surface area contributed by atoms with Crippen LogP contribution in [0.1, 0.15) is 54.6 Å². The van der Waals surface area contributed by atoms with E-state index in [0.717, 1.165) is 6.42 Å². The second kappa shape index (κ2) is 4.77. The minimum Gasteiger partial charge on any atom is -0.393 e. The van der Waals surface area contributed by atoms with E-state index in [1.807, 2.05) is 6.92 Å². The van der Waals surface area contributed by atoms with Gasteiger partial charge in [-0.25, -0.2) is 0 Å². The lowest BCUT2D eigenvalue weighted by Gasteiger charge is -2.53. The van der Waals surface area contributed by atoms with Crippen LogP contribution in [0.15, 0.2) is 24.3 Å². The molecule has 128 valence electrons. The minimum atomic E-state index is -0.370. The average molecular weight is 326 g/mol. The van der Waals surface area contributed by atoms with Gasteiger partial charge >= 0.3 is 0 Å². The molecular formula is C20H26N2O2. The predicted octanol–water partition coefficient (Wildman–Crippen LogP) is 3.13. The van der Waals surface area contributed by atoms with Gasteiger partial charge in [-0.2, -0.15) is 0 Å². The van der Waals surface area contributed by atoms with Crippen molar-refractivity contribution < 1.29 is 9.84 Å². The van der Waals surface area contributed by atoms with Gasteiger partial charge in [0.1, 0.15) is 0 Å². The van der Waals surface area contributed by atoms with Crippen molar-refractivity contribution in [3.63, 3.8) is 0 Å². The Kier molecular flexibility index (Phi) is 2.94. The van der Waals surface area contributed by atoms with E-state index in [0.29, 0.717) is 12.0 Å². The van der Waals surface area contributed by atoms with Crippen LogP contribution >= 0.6 is 0 Å². The molecule has 24 heavy (non-hydrogen) atoms. The molecule has 0 aliphatic carbocycles. The molecule has 0 spiro atoms. The van der Waals surface area contributed by atoms with Gasteiger partial charge in [0.05, 0.1) is 30.4 Å². The molecule has 0 amide bonds. The SMILES string of the molecule is Cc1ccc2n1[C@@H]1[C@@H]3OC(C2)[C@H]([C@H](C)O)[C@H]1c1ccc(C)n1[C@@H]3C. The van der Waals surface area contributed by atoms with Gasteiger partial charge in [-0.1, -0.05) is 0 Å². The van der Waals surface area contributed by atoms with Gasteiger partial charge in [0.25, 0.3) is 0 Å². The van der Waals surface area contributed by atoms with Gasteiger partial charge in [-0.15, -0.1) is 0 Å². The zero-order valence-corrected chi connectivity index (χ0v) is 14.8. The normalized spacial score (nSPS) is 37.7. The van der Waals surface area contributed by atoms with Gasteiger partial charge in [0, 0.05) is 41.0 Å². The molecule has 4 heteroatoms. The van der Waals surface area contributed by atoms with Gasteiger partial charge < -0.3 is 19.0 Å². The van der Waals surface area contributed by atoms with Crippen molar-refractivity contribution in [3.8, 4) is 0 Å². The summed E-state index contributed by atoms with van der Waals surface area (Å²) in [7, 11) is 0. The van der Waals surface area contributed by atoms with Crippen LogP contribution in [0.3, 0.4) is 0 Å². The average Bonchev–Trinajstić information content (AvgIpc) is 2.98. The van der Waals surface area contributed by atoms with E-state index in [1.165, 1.54) is 22.8 Å². The molecule has 4 aliphatic rings. The Morgan fingerprint density at radius 3 is 2.58 bits per heavy atom. The van der Waals surface area contributed by atoms with Gasteiger partial charge in [0.2, 0.25) is 0 Å². The highest BCUT2D eigenvalue weighted by molar-refractivity contribution is 5.33. The Labute approximate surface area is 143 Å². The number of aryl methyl sites for hydroxylation is 2. The van der Waals surface area contributed by atoms with Crippen molar-refractivity contribution >= 4 is 0 Å². The maximum atomic E-state index is 10.6. The summed E-state index contributed by atoms with van der Waals surface area (Å²) < 4.78 is 11.6. The molecule has 0 radical (unpaired) electrons. The first kappa shape index (κ1) is 14.8. The fourth-order valence-corrected chi connectivity index (χ4v) is 5.86. The van der Waals surface area contributed by atoms with Gasteiger partial charge in [-0.05, 0) is 52.0 Å². The molecule has 1 fully saturated rings. The molecule has 2 aromatic heterocycles. The summed E-state index contributed by atoms with van der Waals surface area (Å²) in [6.07, 6.45) is 0.795. The van der Waals surface area contributed by atoms with E-state index in [-0.39, 0.29) is 30.3 Å². The Morgan fingerprint density at radius 2 is 1.83 bits per heavy atom. The monoisotopic (exact) mass is 326 g/mol. The number of hydrogen-bond acceptors (Lipinski definition) is 2. The number of rotatable bonds is 1. The van der Waals surface area contributed by atoms with Crippen LogP contribution in [-0.4, -0.2) is 32.6 Å². The van der Waals surface area contributed by atoms with Crippen LogP contribution in [0.2, 0.25) is 0 Å². The van der Waals surface area contributed by atoms with Crippen molar-refractivity contribution in [1.29, 1.82) is 0 Å². The number of hydrogen-bond donors (Lipinski definition) is 1. The quantitative estimate of drug-likeness (QED) is 0.874. The van der Waals surface area contributed by atoms with Crippen molar-refractivity contribution in [1.82, 2.24) is 9.13 Å². The molecule has 1 saturated heterocycles. The van der Waals surface area contributed by atoms with Crippen molar-refractivity contribution in [2.75, 3.05) is 0 Å². The zero-order valence-electron chi connectivity index (χ0n) is 14.8. The fourth-order valence-electron chi connectivity index (χ4n) is 5.86. The number of aliphatic hydroxyl groups excluding tert-OH is 1. The predicted molar refractivity (Wildman–Crippen MR) is 92.4 cm³/mol. The van der Waals surface area contributed by atoms with E-state index in [9.17, 15) is 5.11 Å². The van der Waals surface area contributed by atoms with Crippen LogP contribution in [-0.2, 0) is 11.2 Å². The lowest BCUT2D eigenvalue weighted by atomic mass is 9.70. The first-order chi connectivity index (χ1) is 11.5. The maximum absolute atomic E-state index is 10.6. The topological polar surface area (TPSA) is 39.3 Å². The van der Waals surface area contributed by atoms with E-state index >= 15 is 0 Å². The Morgan fingerprint density at radius 1 is 1.12 bits per heavy atom. The van der Waals surface area contributed by atoms with Crippen molar-refractivity contribution in [3.05, 3.63) is 47.0 Å². The second-order valence-electron chi connectivity index (χ2n) is 8.02. The van der Waals surface area contributed by atoms with Crippen LogP contribution in [0, 0.1) is 19.8 Å². The fraction of sp³-hybridized carbons (Fsp3) is 0.600. The molecular weight excluding hydrogens is 300 g/mol. The van der Waals surface area contributed by atoms with E-state index in [1.54, 1.807) is 0 Å². The van der Waals surface area contributed by atoms with Crippen molar-refractivity contribution in [2.45, 2.75) is 70.4 Å². The van der Waals surface area contributed by atoms with E-state index in [2.05, 4.69) is 54.2 Å². The Bertz CT molecular complexity index is 803. The van der Waals surface area contributed by atoms with Crippen molar-refractivity contribution in [2.24, 2.45) is 5.92 Å². The number of nitrogens with zero attached hydrogens (tertiary/aromatic N) is 2. The maximum Gasteiger partial charge on any atom is 0.0996 e. The van der Waals surface area contributed by atoms with Gasteiger partial charge in [-0.3, -0.25) is 0 Å². The first-order valence-corrected chi connectivity index (χ1v) is 9.17. The highest BCUT2D eigenvalue weighted by Gasteiger charge is 2.56. The highest BCUT2D eigenvalue weighted by Crippen LogP contribution is 2.56. The summed E-state index contributed by atoms with van der Waals surface area (Å²) in [5.41, 5.74) is 5.34. The number of ether oxygens (including phenoxy) is 1. The molecule has 0 saturated carbocycles. The largest absolute Gasteiger partial charge is 0.393 e. The molecule has 4 nitrogen and oxygen atoms in total. The first-order valence-electron chi connectivity index (χ1n) is 9.17. The second-order valence-corrected chi connectivity index (χ2v) is 8.02. The summed E-state index contributed by atoms with van der Waals surface area (Å²) in [5.74, 6) is 0.456. The molecule has 1 unspecified atom stereocenters. The third-order valence-corrected chi connectivity index (χ3v) is 6.73. The third kappa shape index (κ3) is 1.66. The summed E-state index contributed by atoms with van der Waals surface area (Å²) in [6, 6.07) is 9.59. The van der Waals surface area contributed by atoms with Crippen LogP contribution in [0.4, 0.5) is 0 Å². The molecule has 4 aliphatic heterocycles. The third-order valence-electron chi connectivity index (χ3n) is 6.73. The summed E-state index contributed by atoms with van der Waals surface area (Å²) in [6.45, 7) is 8.60. The minimum absolute atomic E-state index is 0.0956. The lowest BCUT2D eigenvalue weighted by molar-refractivity contribution is -0.162. The molecule has 4 bridgehead atoms. The Hall–Kier alpha value is -1.52. The van der Waals surface area contributed by atoms with E-state index in [4.69, 9.17) is 4.74 Å². The van der Waals surface area contributed by atoms with Gasteiger partial charge in [0.15, 0.2) is 0 Å². The summed E-state index contributed by atoms with van der Waals surface area (Å²) in [5, 5.41) is 10.6.